The number of benzene rings is 3. The summed E-state index contributed by atoms with van der Waals surface area (Å²) in [7, 11) is 0. The molecule has 0 saturated heterocycles. The van der Waals surface area contributed by atoms with Gasteiger partial charge in [0.05, 0.1) is 6.33 Å². The maximum absolute atomic E-state index is 13.2. The van der Waals surface area contributed by atoms with E-state index in [4.69, 9.17) is 9.15 Å². The number of furan rings is 1. The van der Waals surface area contributed by atoms with E-state index in [1.807, 2.05) is 6.07 Å². The molecule has 35 heavy (non-hydrogen) atoms. The fourth-order valence-electron chi connectivity index (χ4n) is 3.68. The summed E-state index contributed by atoms with van der Waals surface area (Å²) >= 11 is 0. The number of fused-ring (bicyclic) bond motifs is 3. The Balaban J connectivity index is 1.39. The molecule has 9 heteroatoms. The van der Waals surface area contributed by atoms with Crippen molar-refractivity contribution in [3.05, 3.63) is 107 Å². The number of amides is 1. The van der Waals surface area contributed by atoms with Gasteiger partial charge in [0.15, 0.2) is 0 Å². The first-order valence-electron chi connectivity index (χ1n) is 10.7. The first-order chi connectivity index (χ1) is 17.0. The van der Waals surface area contributed by atoms with Crippen molar-refractivity contribution in [1.82, 2.24) is 9.55 Å². The third-order valence-corrected chi connectivity index (χ3v) is 5.35. The Morgan fingerprint density at radius 3 is 2.49 bits per heavy atom. The first kappa shape index (κ1) is 22.0. The number of aromatic nitrogens is 2. The van der Waals surface area contributed by atoms with E-state index in [0.29, 0.717) is 27.7 Å². The second kappa shape index (κ2) is 9.22. The monoisotopic (exact) mass is 471 g/mol. The minimum atomic E-state index is -1.30. The molecule has 0 aliphatic rings. The SMILES string of the molecule is O=C(Cn1cnc2c(oc3ccccc32)c1=O)OC(C(=O)Nc1ccc(F)cc1)c1ccccc1. The van der Waals surface area contributed by atoms with Crippen molar-refractivity contribution in [2.75, 3.05) is 5.32 Å². The van der Waals surface area contributed by atoms with Crippen molar-refractivity contribution >= 4 is 39.6 Å². The highest BCUT2D eigenvalue weighted by molar-refractivity contribution is 6.01. The molecule has 1 amide bonds. The topological polar surface area (TPSA) is 103 Å². The number of hydrogen-bond acceptors (Lipinski definition) is 6. The van der Waals surface area contributed by atoms with E-state index in [0.717, 1.165) is 4.57 Å². The van der Waals surface area contributed by atoms with E-state index < -0.39 is 35.9 Å². The van der Waals surface area contributed by atoms with Crippen molar-refractivity contribution in [3.8, 4) is 0 Å². The highest BCUT2D eigenvalue weighted by Crippen LogP contribution is 2.24. The molecule has 0 aliphatic carbocycles. The molecule has 174 valence electrons. The number of nitrogens with zero attached hydrogens (tertiary/aromatic N) is 2. The molecule has 0 spiro atoms. The number of para-hydroxylation sites is 1. The van der Waals surface area contributed by atoms with Gasteiger partial charge in [-0.25, -0.2) is 9.37 Å². The standard InChI is InChI=1S/C26H18FN3O5/c27-17-10-12-18(13-11-17)29-25(32)23(16-6-2-1-3-7-16)35-21(31)14-30-15-28-22-19-8-4-5-9-20(19)34-24(22)26(30)33/h1-13,15,23H,14H2,(H,29,32). The van der Waals surface area contributed by atoms with Crippen molar-refractivity contribution in [3.63, 3.8) is 0 Å². The van der Waals surface area contributed by atoms with Crippen molar-refractivity contribution in [1.29, 1.82) is 0 Å². The molecule has 2 heterocycles. The van der Waals surface area contributed by atoms with Crippen molar-refractivity contribution in [2.24, 2.45) is 0 Å². The number of esters is 1. The minimum Gasteiger partial charge on any atom is -0.448 e. The molecular formula is C26H18FN3O5. The molecule has 0 saturated carbocycles. The zero-order valence-corrected chi connectivity index (χ0v) is 18.2. The quantitative estimate of drug-likeness (QED) is 0.372. The van der Waals surface area contributed by atoms with Gasteiger partial charge in [-0.2, -0.15) is 0 Å². The number of halogens is 1. The van der Waals surface area contributed by atoms with Gasteiger partial charge < -0.3 is 14.5 Å². The normalized spacial score (nSPS) is 11.9. The molecule has 2 aromatic heterocycles. The molecule has 1 atom stereocenters. The third kappa shape index (κ3) is 4.51. The Hall–Kier alpha value is -4.79. The van der Waals surface area contributed by atoms with E-state index in [-0.39, 0.29) is 5.58 Å². The lowest BCUT2D eigenvalue weighted by atomic mass is 10.1. The average Bonchev–Trinajstić information content (AvgIpc) is 3.26. The van der Waals surface area contributed by atoms with Crippen molar-refractivity contribution < 1.29 is 23.1 Å². The molecule has 0 radical (unpaired) electrons. The largest absolute Gasteiger partial charge is 0.448 e. The summed E-state index contributed by atoms with van der Waals surface area (Å²) < 4.78 is 25.4. The molecule has 5 aromatic rings. The second-order valence-electron chi connectivity index (χ2n) is 7.73. The van der Waals surface area contributed by atoms with Gasteiger partial charge in [0, 0.05) is 16.6 Å². The van der Waals surface area contributed by atoms with E-state index in [9.17, 15) is 18.8 Å². The Bertz CT molecular complexity index is 1590. The summed E-state index contributed by atoms with van der Waals surface area (Å²) in [6.45, 7) is -0.480. The Kier molecular flexibility index (Phi) is 5.80. The number of carbonyl (C=O) groups is 2. The number of rotatable bonds is 6. The van der Waals surface area contributed by atoms with Crippen LogP contribution in [-0.2, 0) is 20.9 Å². The molecule has 8 nitrogen and oxygen atoms in total. The van der Waals surface area contributed by atoms with Gasteiger partial charge in [0.2, 0.25) is 11.7 Å². The molecule has 1 unspecified atom stereocenters. The molecule has 0 aliphatic heterocycles. The number of carbonyl (C=O) groups excluding carboxylic acids is 2. The molecule has 0 bridgehead atoms. The van der Waals surface area contributed by atoms with E-state index in [1.54, 1.807) is 48.5 Å². The molecule has 5 rings (SSSR count). The summed E-state index contributed by atoms with van der Waals surface area (Å²) in [6, 6.07) is 20.7. The van der Waals surface area contributed by atoms with E-state index in [1.165, 1.54) is 30.6 Å². The number of nitrogens with one attached hydrogen (secondary N) is 1. The van der Waals surface area contributed by atoms with Crippen LogP contribution in [0.15, 0.2) is 94.4 Å². The zero-order chi connectivity index (χ0) is 24.4. The summed E-state index contributed by atoms with van der Waals surface area (Å²) in [6.07, 6.45) is -0.0587. The number of ether oxygens (including phenoxy) is 1. The van der Waals surface area contributed by atoms with Gasteiger partial charge in [0.1, 0.15) is 23.5 Å². The zero-order valence-electron chi connectivity index (χ0n) is 18.2. The minimum absolute atomic E-state index is 0.0233. The lowest BCUT2D eigenvalue weighted by molar-refractivity contribution is -0.155. The van der Waals surface area contributed by atoms with Gasteiger partial charge in [-0.05, 0) is 36.4 Å². The van der Waals surface area contributed by atoms with Crippen LogP contribution in [0.2, 0.25) is 0 Å². The van der Waals surface area contributed by atoms with Gasteiger partial charge >= 0.3 is 5.97 Å². The molecular weight excluding hydrogens is 453 g/mol. The molecule has 1 N–H and O–H groups in total. The predicted molar refractivity (Wildman–Crippen MR) is 126 cm³/mol. The Morgan fingerprint density at radius 2 is 1.71 bits per heavy atom. The summed E-state index contributed by atoms with van der Waals surface area (Å²) in [5.74, 6) is -1.91. The van der Waals surface area contributed by atoms with Gasteiger partial charge in [-0.3, -0.25) is 19.0 Å². The smallest absolute Gasteiger partial charge is 0.327 e. The Morgan fingerprint density at radius 1 is 1.00 bits per heavy atom. The highest BCUT2D eigenvalue weighted by atomic mass is 19.1. The second-order valence-corrected chi connectivity index (χ2v) is 7.73. The number of anilines is 1. The molecule has 0 fully saturated rings. The summed E-state index contributed by atoms with van der Waals surface area (Å²) in [5.41, 5.74) is 1.15. The van der Waals surface area contributed by atoms with Crippen LogP contribution < -0.4 is 10.9 Å². The van der Waals surface area contributed by atoms with Gasteiger partial charge in [-0.15, -0.1) is 0 Å². The van der Waals surface area contributed by atoms with Crippen LogP contribution in [0.25, 0.3) is 22.1 Å². The predicted octanol–water partition coefficient (Wildman–Crippen LogP) is 4.21. The molecule has 3 aromatic carbocycles. The van der Waals surface area contributed by atoms with Crippen LogP contribution in [0.1, 0.15) is 11.7 Å². The first-order valence-corrected chi connectivity index (χ1v) is 10.7. The van der Waals surface area contributed by atoms with Crippen molar-refractivity contribution in [2.45, 2.75) is 12.6 Å². The van der Waals surface area contributed by atoms with Crippen LogP contribution in [-0.4, -0.2) is 21.4 Å². The van der Waals surface area contributed by atoms with Crippen LogP contribution >= 0.6 is 0 Å². The Labute approximate surface area is 197 Å². The van der Waals surface area contributed by atoms with Crippen LogP contribution in [0.4, 0.5) is 10.1 Å². The highest BCUT2D eigenvalue weighted by Gasteiger charge is 2.26. The average molecular weight is 471 g/mol. The van der Waals surface area contributed by atoms with Crippen LogP contribution in [0.5, 0.6) is 0 Å². The lowest BCUT2D eigenvalue weighted by Gasteiger charge is -2.18. The maximum atomic E-state index is 13.2. The maximum Gasteiger partial charge on any atom is 0.327 e. The van der Waals surface area contributed by atoms with Crippen LogP contribution in [0, 0.1) is 5.82 Å². The fourth-order valence-corrected chi connectivity index (χ4v) is 3.68. The number of hydrogen-bond donors (Lipinski definition) is 1. The fraction of sp³-hybridized carbons (Fsp3) is 0.0769. The van der Waals surface area contributed by atoms with E-state index >= 15 is 0 Å². The summed E-state index contributed by atoms with van der Waals surface area (Å²) in [5, 5.41) is 3.30. The van der Waals surface area contributed by atoms with Gasteiger partial charge in [0.25, 0.3) is 11.5 Å². The van der Waals surface area contributed by atoms with Crippen LogP contribution in [0.3, 0.4) is 0 Å². The summed E-state index contributed by atoms with van der Waals surface area (Å²) in [4.78, 5) is 42.9. The van der Waals surface area contributed by atoms with Gasteiger partial charge in [-0.1, -0.05) is 42.5 Å². The third-order valence-electron chi connectivity index (χ3n) is 5.35. The van der Waals surface area contributed by atoms with E-state index in [2.05, 4.69) is 10.3 Å². The lowest BCUT2D eigenvalue weighted by Crippen LogP contribution is -2.30.